The maximum absolute atomic E-state index is 11.9. The number of aliphatic carboxylic acids is 1. The minimum atomic E-state index is -1.08. The Morgan fingerprint density at radius 3 is 2.26 bits per heavy atom. The van der Waals surface area contributed by atoms with Crippen LogP contribution in [0, 0.1) is 5.92 Å². The molecule has 110 valence electrons. The summed E-state index contributed by atoms with van der Waals surface area (Å²) >= 11 is 0. The Labute approximate surface area is 113 Å². The number of nitrogens with zero attached hydrogens (tertiary/aromatic N) is 1. The van der Waals surface area contributed by atoms with Crippen LogP contribution < -0.4 is 11.1 Å². The Morgan fingerprint density at radius 2 is 1.89 bits per heavy atom. The standard InChI is InChI=1S/C12H23N3O4/c1-4-5-9(11(17)18)14-12(19)15(6-8(2)3)7-10(13)16/h8-9H,4-7H2,1-3H3,(H2,13,16)(H,14,19)(H,17,18)/t9-/m1/s1. The molecule has 0 fully saturated rings. The average Bonchev–Trinajstić information content (AvgIpc) is 2.25. The Kier molecular flexibility index (Phi) is 7.55. The number of carboxylic acid groups (broad SMARTS) is 1. The molecule has 0 aromatic carbocycles. The molecule has 0 saturated carbocycles. The zero-order valence-corrected chi connectivity index (χ0v) is 11.7. The number of hydrogen-bond donors (Lipinski definition) is 3. The second-order valence-electron chi connectivity index (χ2n) is 4.87. The fourth-order valence-corrected chi connectivity index (χ4v) is 1.63. The van der Waals surface area contributed by atoms with Gasteiger partial charge in [0, 0.05) is 6.54 Å². The van der Waals surface area contributed by atoms with Crippen LogP contribution in [0.4, 0.5) is 4.79 Å². The Hall–Kier alpha value is -1.79. The van der Waals surface area contributed by atoms with Gasteiger partial charge in [0.1, 0.15) is 12.6 Å². The van der Waals surface area contributed by atoms with E-state index in [1.807, 2.05) is 20.8 Å². The Morgan fingerprint density at radius 1 is 1.32 bits per heavy atom. The Balaban J connectivity index is 4.68. The van der Waals surface area contributed by atoms with Crippen molar-refractivity contribution in [3.05, 3.63) is 0 Å². The zero-order chi connectivity index (χ0) is 15.0. The van der Waals surface area contributed by atoms with Crippen molar-refractivity contribution in [1.29, 1.82) is 0 Å². The predicted octanol–water partition coefficient (Wildman–Crippen LogP) is 0.393. The minimum Gasteiger partial charge on any atom is -0.480 e. The van der Waals surface area contributed by atoms with Crippen LogP contribution in [0.2, 0.25) is 0 Å². The molecule has 7 heteroatoms. The fourth-order valence-electron chi connectivity index (χ4n) is 1.63. The van der Waals surface area contributed by atoms with E-state index >= 15 is 0 Å². The molecular formula is C12H23N3O4. The SMILES string of the molecule is CCC[C@@H](NC(=O)N(CC(N)=O)CC(C)C)C(=O)O. The van der Waals surface area contributed by atoms with Gasteiger partial charge in [0.05, 0.1) is 0 Å². The van der Waals surface area contributed by atoms with Crippen LogP contribution >= 0.6 is 0 Å². The van der Waals surface area contributed by atoms with Gasteiger partial charge in [-0.2, -0.15) is 0 Å². The lowest BCUT2D eigenvalue weighted by atomic mass is 10.1. The van der Waals surface area contributed by atoms with E-state index in [0.29, 0.717) is 19.4 Å². The van der Waals surface area contributed by atoms with Crippen molar-refractivity contribution < 1.29 is 19.5 Å². The average molecular weight is 273 g/mol. The highest BCUT2D eigenvalue weighted by Crippen LogP contribution is 2.02. The van der Waals surface area contributed by atoms with Gasteiger partial charge in [0.15, 0.2) is 0 Å². The van der Waals surface area contributed by atoms with Crippen LogP contribution in [0.1, 0.15) is 33.6 Å². The van der Waals surface area contributed by atoms with Gasteiger partial charge in [0.2, 0.25) is 5.91 Å². The van der Waals surface area contributed by atoms with Crippen LogP contribution in [0.25, 0.3) is 0 Å². The van der Waals surface area contributed by atoms with Gasteiger partial charge in [-0.25, -0.2) is 9.59 Å². The summed E-state index contributed by atoms with van der Waals surface area (Å²) in [6, 6.07) is -1.52. The normalized spacial score (nSPS) is 12.0. The highest BCUT2D eigenvalue weighted by molar-refractivity contribution is 5.86. The highest BCUT2D eigenvalue weighted by Gasteiger charge is 2.23. The third-order valence-corrected chi connectivity index (χ3v) is 2.39. The quantitative estimate of drug-likeness (QED) is 0.593. The third kappa shape index (κ3) is 7.28. The van der Waals surface area contributed by atoms with E-state index in [4.69, 9.17) is 10.8 Å². The lowest BCUT2D eigenvalue weighted by molar-refractivity contribution is -0.139. The fraction of sp³-hybridized carbons (Fsp3) is 0.750. The lowest BCUT2D eigenvalue weighted by Crippen LogP contribution is -2.51. The van der Waals surface area contributed by atoms with E-state index in [1.54, 1.807) is 0 Å². The van der Waals surface area contributed by atoms with Crippen LogP contribution in [0.5, 0.6) is 0 Å². The van der Waals surface area contributed by atoms with Gasteiger partial charge < -0.3 is 21.1 Å². The van der Waals surface area contributed by atoms with E-state index in [9.17, 15) is 14.4 Å². The zero-order valence-electron chi connectivity index (χ0n) is 11.7. The molecule has 0 heterocycles. The number of carboxylic acids is 1. The molecular weight excluding hydrogens is 250 g/mol. The van der Waals surface area contributed by atoms with E-state index in [0.717, 1.165) is 0 Å². The van der Waals surface area contributed by atoms with Crippen LogP contribution in [0.3, 0.4) is 0 Å². The molecule has 0 spiro atoms. The van der Waals surface area contributed by atoms with Crippen molar-refractivity contribution in [2.45, 2.75) is 39.7 Å². The molecule has 1 atom stereocenters. The molecule has 0 aliphatic rings. The summed E-state index contributed by atoms with van der Waals surface area (Å²) in [5, 5.41) is 11.4. The Bertz CT molecular complexity index is 331. The molecule has 0 saturated heterocycles. The van der Waals surface area contributed by atoms with Gasteiger partial charge in [-0.1, -0.05) is 27.2 Å². The first-order valence-corrected chi connectivity index (χ1v) is 6.34. The highest BCUT2D eigenvalue weighted by atomic mass is 16.4. The topological polar surface area (TPSA) is 113 Å². The summed E-state index contributed by atoms with van der Waals surface area (Å²) in [7, 11) is 0. The van der Waals surface area contributed by atoms with Crippen molar-refractivity contribution in [1.82, 2.24) is 10.2 Å². The molecule has 0 aliphatic heterocycles. The molecule has 0 bridgehead atoms. The van der Waals surface area contributed by atoms with Crippen molar-refractivity contribution >= 4 is 17.9 Å². The number of primary amides is 1. The number of hydrogen-bond acceptors (Lipinski definition) is 3. The van der Waals surface area contributed by atoms with E-state index < -0.39 is 23.9 Å². The number of amides is 3. The van der Waals surface area contributed by atoms with Gasteiger partial charge in [-0.3, -0.25) is 4.79 Å². The van der Waals surface area contributed by atoms with Crippen molar-refractivity contribution in [3.8, 4) is 0 Å². The maximum Gasteiger partial charge on any atom is 0.326 e. The monoisotopic (exact) mass is 273 g/mol. The molecule has 0 aliphatic carbocycles. The largest absolute Gasteiger partial charge is 0.480 e. The molecule has 0 aromatic heterocycles. The van der Waals surface area contributed by atoms with Gasteiger partial charge in [-0.15, -0.1) is 0 Å². The summed E-state index contributed by atoms with van der Waals surface area (Å²) < 4.78 is 0. The summed E-state index contributed by atoms with van der Waals surface area (Å²) in [5.41, 5.74) is 5.08. The molecule has 7 nitrogen and oxygen atoms in total. The molecule has 19 heavy (non-hydrogen) atoms. The number of carbonyl (C=O) groups is 3. The van der Waals surface area contributed by atoms with Gasteiger partial charge in [-0.05, 0) is 12.3 Å². The van der Waals surface area contributed by atoms with E-state index in [2.05, 4.69) is 5.32 Å². The van der Waals surface area contributed by atoms with Crippen molar-refractivity contribution in [2.75, 3.05) is 13.1 Å². The number of carbonyl (C=O) groups excluding carboxylic acids is 2. The molecule has 0 unspecified atom stereocenters. The van der Waals surface area contributed by atoms with Crippen LogP contribution in [-0.2, 0) is 9.59 Å². The van der Waals surface area contributed by atoms with Crippen molar-refractivity contribution in [3.63, 3.8) is 0 Å². The van der Waals surface area contributed by atoms with E-state index in [-0.39, 0.29) is 12.5 Å². The molecule has 4 N–H and O–H groups in total. The van der Waals surface area contributed by atoms with Gasteiger partial charge in [0.25, 0.3) is 0 Å². The number of nitrogens with two attached hydrogens (primary N) is 1. The summed E-state index contributed by atoms with van der Waals surface area (Å²) in [4.78, 5) is 35.1. The van der Waals surface area contributed by atoms with E-state index in [1.165, 1.54) is 4.90 Å². The third-order valence-electron chi connectivity index (χ3n) is 2.39. The molecule has 3 amide bonds. The van der Waals surface area contributed by atoms with Crippen LogP contribution in [0.15, 0.2) is 0 Å². The second kappa shape index (κ2) is 8.34. The number of nitrogens with one attached hydrogen (secondary N) is 1. The number of urea groups is 1. The summed E-state index contributed by atoms with van der Waals surface area (Å²) in [5.74, 6) is -1.56. The number of rotatable bonds is 8. The minimum absolute atomic E-state index is 0.152. The predicted molar refractivity (Wildman–Crippen MR) is 70.5 cm³/mol. The van der Waals surface area contributed by atoms with Crippen LogP contribution in [-0.4, -0.2) is 47.0 Å². The first-order chi connectivity index (χ1) is 8.77. The first-order valence-electron chi connectivity index (χ1n) is 6.34. The first kappa shape index (κ1) is 17.2. The van der Waals surface area contributed by atoms with Crippen molar-refractivity contribution in [2.24, 2.45) is 11.7 Å². The molecule has 0 rings (SSSR count). The molecule has 0 radical (unpaired) electrons. The summed E-state index contributed by atoms with van der Waals surface area (Å²) in [6.45, 7) is 5.73. The second-order valence-corrected chi connectivity index (χ2v) is 4.87. The van der Waals surface area contributed by atoms with Gasteiger partial charge >= 0.3 is 12.0 Å². The maximum atomic E-state index is 11.9. The smallest absolute Gasteiger partial charge is 0.326 e. The lowest BCUT2D eigenvalue weighted by Gasteiger charge is -2.25. The molecule has 0 aromatic rings. The summed E-state index contributed by atoms with van der Waals surface area (Å²) in [6.07, 6.45) is 0.977.